The molecular formula is C18H21NO2. The van der Waals surface area contributed by atoms with Gasteiger partial charge >= 0.3 is 0 Å². The van der Waals surface area contributed by atoms with Gasteiger partial charge in [-0.25, -0.2) is 0 Å². The van der Waals surface area contributed by atoms with E-state index in [0.29, 0.717) is 5.92 Å². The van der Waals surface area contributed by atoms with Crippen LogP contribution in [0.2, 0.25) is 0 Å². The molecule has 1 aliphatic rings. The number of benzene rings is 2. The molecule has 1 heterocycles. The average Bonchev–Trinajstić information content (AvgIpc) is 2.56. The molecule has 2 aromatic carbocycles. The second-order valence-electron chi connectivity index (χ2n) is 5.41. The SMILES string of the molecule is c1ccc(Oc2ccc(OC[C@@H]3CCCNC3)cc2)cc1. The molecule has 0 unspecified atom stereocenters. The van der Waals surface area contributed by atoms with Gasteiger partial charge in [-0.1, -0.05) is 18.2 Å². The maximum absolute atomic E-state index is 5.86. The van der Waals surface area contributed by atoms with Crippen molar-refractivity contribution in [3.8, 4) is 17.2 Å². The van der Waals surface area contributed by atoms with Crippen molar-refractivity contribution < 1.29 is 9.47 Å². The van der Waals surface area contributed by atoms with E-state index in [2.05, 4.69) is 5.32 Å². The first-order valence-corrected chi connectivity index (χ1v) is 7.56. The van der Waals surface area contributed by atoms with E-state index in [4.69, 9.17) is 9.47 Å². The maximum atomic E-state index is 5.86. The molecule has 3 nitrogen and oxygen atoms in total. The van der Waals surface area contributed by atoms with Gasteiger partial charge < -0.3 is 14.8 Å². The highest BCUT2D eigenvalue weighted by molar-refractivity contribution is 5.35. The molecule has 1 N–H and O–H groups in total. The molecule has 1 fully saturated rings. The first-order valence-electron chi connectivity index (χ1n) is 7.56. The van der Waals surface area contributed by atoms with Crippen molar-refractivity contribution in [3.05, 3.63) is 54.6 Å². The number of piperidine rings is 1. The summed E-state index contributed by atoms with van der Waals surface area (Å²) in [5, 5.41) is 3.41. The van der Waals surface area contributed by atoms with Gasteiger partial charge in [0, 0.05) is 12.5 Å². The van der Waals surface area contributed by atoms with Crippen LogP contribution in [-0.4, -0.2) is 19.7 Å². The number of rotatable bonds is 5. The van der Waals surface area contributed by atoms with Gasteiger partial charge in [0.25, 0.3) is 0 Å². The van der Waals surface area contributed by atoms with E-state index in [1.165, 1.54) is 12.8 Å². The van der Waals surface area contributed by atoms with Crippen LogP contribution in [0.15, 0.2) is 54.6 Å². The van der Waals surface area contributed by atoms with Gasteiger partial charge in [0.15, 0.2) is 0 Å². The van der Waals surface area contributed by atoms with E-state index in [0.717, 1.165) is 36.9 Å². The van der Waals surface area contributed by atoms with Crippen LogP contribution in [0, 0.1) is 5.92 Å². The Kier molecular flexibility index (Phi) is 4.74. The zero-order chi connectivity index (χ0) is 14.3. The van der Waals surface area contributed by atoms with Crippen molar-refractivity contribution in [2.24, 2.45) is 5.92 Å². The fourth-order valence-corrected chi connectivity index (χ4v) is 2.51. The molecule has 0 aliphatic carbocycles. The third-order valence-corrected chi connectivity index (χ3v) is 3.69. The van der Waals surface area contributed by atoms with Crippen molar-refractivity contribution in [2.75, 3.05) is 19.7 Å². The predicted molar refractivity (Wildman–Crippen MR) is 84.0 cm³/mol. The zero-order valence-electron chi connectivity index (χ0n) is 12.1. The third kappa shape index (κ3) is 4.23. The monoisotopic (exact) mass is 283 g/mol. The van der Waals surface area contributed by atoms with Gasteiger partial charge in [0.2, 0.25) is 0 Å². The predicted octanol–water partition coefficient (Wildman–Crippen LogP) is 3.86. The van der Waals surface area contributed by atoms with Crippen LogP contribution in [0.5, 0.6) is 17.2 Å². The van der Waals surface area contributed by atoms with Gasteiger partial charge in [0.1, 0.15) is 17.2 Å². The van der Waals surface area contributed by atoms with Crippen LogP contribution < -0.4 is 14.8 Å². The number of nitrogens with one attached hydrogen (secondary N) is 1. The van der Waals surface area contributed by atoms with Crippen LogP contribution in [0.1, 0.15) is 12.8 Å². The summed E-state index contributed by atoms with van der Waals surface area (Å²) in [5.41, 5.74) is 0. The Morgan fingerprint density at radius 1 is 0.905 bits per heavy atom. The normalized spacial score (nSPS) is 18.2. The van der Waals surface area contributed by atoms with Crippen molar-refractivity contribution in [3.63, 3.8) is 0 Å². The van der Waals surface area contributed by atoms with Crippen LogP contribution in [-0.2, 0) is 0 Å². The summed E-state index contributed by atoms with van der Waals surface area (Å²) in [5.74, 6) is 3.20. The largest absolute Gasteiger partial charge is 0.493 e. The van der Waals surface area contributed by atoms with E-state index >= 15 is 0 Å². The Bertz CT molecular complexity index is 533. The fourth-order valence-electron chi connectivity index (χ4n) is 2.51. The van der Waals surface area contributed by atoms with Gasteiger partial charge in [-0.2, -0.15) is 0 Å². The second kappa shape index (κ2) is 7.14. The van der Waals surface area contributed by atoms with Crippen LogP contribution in [0.25, 0.3) is 0 Å². The van der Waals surface area contributed by atoms with Gasteiger partial charge in [-0.05, 0) is 55.8 Å². The first kappa shape index (κ1) is 14.0. The fraction of sp³-hybridized carbons (Fsp3) is 0.333. The summed E-state index contributed by atoms with van der Waals surface area (Å²) in [6.45, 7) is 2.99. The third-order valence-electron chi connectivity index (χ3n) is 3.69. The van der Waals surface area contributed by atoms with Crippen LogP contribution >= 0.6 is 0 Å². The van der Waals surface area contributed by atoms with Crippen LogP contribution in [0.4, 0.5) is 0 Å². The summed E-state index contributed by atoms with van der Waals surface area (Å²) in [4.78, 5) is 0. The molecular weight excluding hydrogens is 262 g/mol. The molecule has 1 aliphatic heterocycles. The number of ether oxygens (including phenoxy) is 2. The van der Waals surface area contributed by atoms with E-state index in [1.807, 2.05) is 54.6 Å². The number of hydrogen-bond acceptors (Lipinski definition) is 3. The first-order chi connectivity index (χ1) is 10.4. The summed E-state index contributed by atoms with van der Waals surface area (Å²) >= 11 is 0. The summed E-state index contributed by atoms with van der Waals surface area (Å²) < 4.78 is 11.6. The van der Waals surface area contributed by atoms with Crippen molar-refractivity contribution in [2.45, 2.75) is 12.8 Å². The average molecular weight is 283 g/mol. The second-order valence-corrected chi connectivity index (χ2v) is 5.41. The Labute approximate surface area is 125 Å². The van der Waals surface area contributed by atoms with Gasteiger partial charge in [-0.3, -0.25) is 0 Å². The molecule has 110 valence electrons. The van der Waals surface area contributed by atoms with E-state index in [1.54, 1.807) is 0 Å². The highest BCUT2D eigenvalue weighted by Gasteiger charge is 2.13. The molecule has 0 radical (unpaired) electrons. The minimum Gasteiger partial charge on any atom is -0.493 e. The molecule has 0 aromatic heterocycles. The number of hydrogen-bond donors (Lipinski definition) is 1. The Hall–Kier alpha value is -2.00. The Morgan fingerprint density at radius 3 is 2.33 bits per heavy atom. The van der Waals surface area contributed by atoms with Crippen molar-refractivity contribution in [1.82, 2.24) is 5.32 Å². The smallest absolute Gasteiger partial charge is 0.127 e. The molecule has 0 saturated carbocycles. The zero-order valence-corrected chi connectivity index (χ0v) is 12.1. The van der Waals surface area contributed by atoms with Crippen LogP contribution in [0.3, 0.4) is 0 Å². The van der Waals surface area contributed by atoms with E-state index in [9.17, 15) is 0 Å². The lowest BCUT2D eigenvalue weighted by Crippen LogP contribution is -2.33. The highest BCUT2D eigenvalue weighted by atomic mass is 16.5. The summed E-state index contributed by atoms with van der Waals surface area (Å²) in [7, 11) is 0. The van der Waals surface area contributed by atoms with E-state index < -0.39 is 0 Å². The quantitative estimate of drug-likeness (QED) is 0.904. The molecule has 0 spiro atoms. The van der Waals surface area contributed by atoms with Crippen molar-refractivity contribution in [1.29, 1.82) is 0 Å². The summed E-state index contributed by atoms with van der Waals surface area (Å²) in [6, 6.07) is 17.6. The Morgan fingerprint density at radius 2 is 1.62 bits per heavy atom. The topological polar surface area (TPSA) is 30.5 Å². The Balaban J connectivity index is 1.51. The lowest BCUT2D eigenvalue weighted by atomic mass is 10.0. The lowest BCUT2D eigenvalue weighted by Gasteiger charge is -2.22. The maximum Gasteiger partial charge on any atom is 0.127 e. The van der Waals surface area contributed by atoms with Gasteiger partial charge in [0.05, 0.1) is 6.61 Å². The molecule has 1 atom stereocenters. The summed E-state index contributed by atoms with van der Waals surface area (Å²) in [6.07, 6.45) is 2.50. The molecule has 3 rings (SSSR count). The minimum atomic E-state index is 0.624. The molecule has 0 bridgehead atoms. The van der Waals surface area contributed by atoms with Gasteiger partial charge in [-0.15, -0.1) is 0 Å². The molecule has 0 amide bonds. The van der Waals surface area contributed by atoms with Crippen molar-refractivity contribution >= 4 is 0 Å². The number of para-hydroxylation sites is 1. The minimum absolute atomic E-state index is 0.624. The molecule has 2 aromatic rings. The molecule has 1 saturated heterocycles. The van der Waals surface area contributed by atoms with E-state index in [-0.39, 0.29) is 0 Å². The lowest BCUT2D eigenvalue weighted by molar-refractivity contribution is 0.218. The molecule has 21 heavy (non-hydrogen) atoms. The highest BCUT2D eigenvalue weighted by Crippen LogP contribution is 2.24. The molecule has 3 heteroatoms. The standard InChI is InChI=1S/C18H21NO2/c1-2-6-17(7-3-1)21-18-10-8-16(9-11-18)20-14-15-5-4-12-19-13-15/h1-3,6-11,15,19H,4-5,12-14H2/t15-/m1/s1.